The van der Waals surface area contributed by atoms with E-state index in [0.717, 1.165) is 5.56 Å². The van der Waals surface area contributed by atoms with Gasteiger partial charge in [-0.3, -0.25) is 14.9 Å². The fraction of sp³-hybridized carbons (Fsp3) is 0.0455. The maximum atomic E-state index is 13.0. The summed E-state index contributed by atoms with van der Waals surface area (Å²) in [5.41, 5.74) is 2.88. The molecule has 3 rings (SSSR count). The summed E-state index contributed by atoms with van der Waals surface area (Å²) >= 11 is 5.19. The fourth-order valence-corrected chi connectivity index (χ4v) is 2.81. The second kappa shape index (κ2) is 9.07. The summed E-state index contributed by atoms with van der Waals surface area (Å²) in [5.74, 6) is -1.05. The molecule has 0 heterocycles. The number of thiocarbonyl (C=S) groups is 1. The van der Waals surface area contributed by atoms with Crippen LogP contribution < -0.4 is 16.0 Å². The van der Waals surface area contributed by atoms with Gasteiger partial charge in [-0.1, -0.05) is 23.8 Å². The summed E-state index contributed by atoms with van der Waals surface area (Å²) in [6.45, 7) is 1.90. The maximum Gasteiger partial charge on any atom is 0.257 e. The van der Waals surface area contributed by atoms with E-state index in [2.05, 4.69) is 16.0 Å². The van der Waals surface area contributed by atoms with E-state index in [-0.39, 0.29) is 22.7 Å². The van der Waals surface area contributed by atoms with Crippen LogP contribution in [-0.4, -0.2) is 16.9 Å². The lowest BCUT2D eigenvalue weighted by molar-refractivity contribution is 0.0976. The van der Waals surface area contributed by atoms with Crippen molar-refractivity contribution < 1.29 is 14.0 Å². The summed E-state index contributed by atoms with van der Waals surface area (Å²) in [5, 5.41) is 8.31. The zero-order chi connectivity index (χ0) is 20.8. The number of carbonyl (C=O) groups excluding carboxylic acids is 2. The van der Waals surface area contributed by atoms with Crippen LogP contribution in [0.15, 0.2) is 72.8 Å². The van der Waals surface area contributed by atoms with Crippen molar-refractivity contribution >= 4 is 40.5 Å². The molecule has 3 aromatic rings. The first-order valence-electron chi connectivity index (χ1n) is 8.77. The number of nitrogens with one attached hydrogen (secondary N) is 3. The first kappa shape index (κ1) is 20.2. The number of hydrogen-bond acceptors (Lipinski definition) is 3. The van der Waals surface area contributed by atoms with Crippen LogP contribution in [0.4, 0.5) is 15.8 Å². The van der Waals surface area contributed by atoms with Crippen LogP contribution in [0.3, 0.4) is 0 Å². The Labute approximate surface area is 173 Å². The highest BCUT2D eigenvalue weighted by Crippen LogP contribution is 2.14. The predicted octanol–water partition coefficient (Wildman–Crippen LogP) is 4.51. The van der Waals surface area contributed by atoms with Crippen molar-refractivity contribution in [1.82, 2.24) is 5.32 Å². The van der Waals surface area contributed by atoms with Crippen LogP contribution in [0.25, 0.3) is 0 Å². The van der Waals surface area contributed by atoms with E-state index in [9.17, 15) is 14.0 Å². The van der Waals surface area contributed by atoms with Gasteiger partial charge in [-0.2, -0.15) is 0 Å². The molecule has 29 heavy (non-hydrogen) atoms. The molecular weight excluding hydrogens is 389 g/mol. The van der Waals surface area contributed by atoms with Crippen molar-refractivity contribution in [1.29, 1.82) is 0 Å². The standard InChI is InChI=1S/C22H18FN3O2S/c1-14-4-2-5-15(12-14)21(28)26-22(29)25-19-7-3-6-16(13-19)20(27)24-18-10-8-17(23)9-11-18/h2-13H,1H3,(H,24,27)(H2,25,26,28,29). The van der Waals surface area contributed by atoms with Crippen LogP contribution >= 0.6 is 12.2 Å². The zero-order valence-corrected chi connectivity index (χ0v) is 16.3. The molecule has 0 radical (unpaired) electrons. The molecule has 0 saturated heterocycles. The topological polar surface area (TPSA) is 70.2 Å². The summed E-state index contributed by atoms with van der Waals surface area (Å²) in [4.78, 5) is 24.7. The normalized spacial score (nSPS) is 10.1. The molecule has 0 spiro atoms. The third-order valence-corrected chi connectivity index (χ3v) is 4.20. The van der Waals surface area contributed by atoms with E-state index in [0.29, 0.717) is 22.5 Å². The van der Waals surface area contributed by atoms with Crippen LogP contribution in [0.2, 0.25) is 0 Å². The van der Waals surface area contributed by atoms with Crippen molar-refractivity contribution in [2.75, 3.05) is 10.6 Å². The second-order valence-electron chi connectivity index (χ2n) is 6.32. The van der Waals surface area contributed by atoms with Gasteiger partial charge < -0.3 is 10.6 Å². The number of halogens is 1. The van der Waals surface area contributed by atoms with Gasteiger partial charge in [0.05, 0.1) is 0 Å². The molecule has 0 unspecified atom stereocenters. The third-order valence-electron chi connectivity index (χ3n) is 3.99. The number of anilines is 2. The number of benzene rings is 3. The van der Waals surface area contributed by atoms with Crippen molar-refractivity contribution in [3.8, 4) is 0 Å². The Morgan fingerprint density at radius 1 is 0.793 bits per heavy atom. The molecule has 0 aliphatic rings. The average molecular weight is 407 g/mol. The maximum absolute atomic E-state index is 13.0. The summed E-state index contributed by atoms with van der Waals surface area (Å²) in [6.07, 6.45) is 0. The summed E-state index contributed by atoms with van der Waals surface area (Å²) < 4.78 is 13.0. The van der Waals surface area contributed by atoms with Crippen LogP contribution in [0, 0.1) is 12.7 Å². The molecule has 146 valence electrons. The molecule has 3 aromatic carbocycles. The third kappa shape index (κ3) is 5.70. The van der Waals surface area contributed by atoms with Gasteiger partial charge in [0.2, 0.25) is 0 Å². The van der Waals surface area contributed by atoms with E-state index >= 15 is 0 Å². The molecule has 0 aliphatic heterocycles. The predicted molar refractivity (Wildman–Crippen MR) is 116 cm³/mol. The van der Waals surface area contributed by atoms with Gasteiger partial charge in [0.1, 0.15) is 5.82 Å². The Morgan fingerprint density at radius 2 is 1.45 bits per heavy atom. The minimum Gasteiger partial charge on any atom is -0.332 e. The second-order valence-corrected chi connectivity index (χ2v) is 6.73. The largest absolute Gasteiger partial charge is 0.332 e. The fourth-order valence-electron chi connectivity index (χ4n) is 2.60. The smallest absolute Gasteiger partial charge is 0.257 e. The molecule has 0 atom stereocenters. The van der Waals surface area contributed by atoms with E-state index in [1.165, 1.54) is 24.3 Å². The first-order chi connectivity index (χ1) is 13.9. The molecule has 3 N–H and O–H groups in total. The van der Waals surface area contributed by atoms with Gasteiger partial charge in [-0.15, -0.1) is 0 Å². The average Bonchev–Trinajstić information content (AvgIpc) is 2.69. The van der Waals surface area contributed by atoms with Gasteiger partial charge in [0.15, 0.2) is 5.11 Å². The van der Waals surface area contributed by atoms with Crippen LogP contribution in [0.5, 0.6) is 0 Å². The Balaban J connectivity index is 1.63. The molecular formula is C22H18FN3O2S. The Morgan fingerprint density at radius 3 is 2.14 bits per heavy atom. The lowest BCUT2D eigenvalue weighted by Crippen LogP contribution is -2.34. The van der Waals surface area contributed by atoms with Crippen LogP contribution in [0.1, 0.15) is 26.3 Å². The first-order valence-corrected chi connectivity index (χ1v) is 9.17. The van der Waals surface area contributed by atoms with Gasteiger partial charge >= 0.3 is 0 Å². The van der Waals surface area contributed by atoms with Gasteiger partial charge in [0.25, 0.3) is 11.8 Å². The number of amides is 2. The van der Waals surface area contributed by atoms with E-state index in [4.69, 9.17) is 12.2 Å². The molecule has 0 fully saturated rings. The minimum atomic E-state index is -0.379. The number of hydrogen-bond donors (Lipinski definition) is 3. The highest BCUT2D eigenvalue weighted by Gasteiger charge is 2.10. The zero-order valence-electron chi connectivity index (χ0n) is 15.5. The molecule has 7 heteroatoms. The molecule has 2 amide bonds. The number of aryl methyl sites for hydroxylation is 1. The number of carbonyl (C=O) groups is 2. The molecule has 5 nitrogen and oxygen atoms in total. The lowest BCUT2D eigenvalue weighted by Gasteiger charge is -2.11. The van der Waals surface area contributed by atoms with Crippen molar-refractivity contribution in [2.24, 2.45) is 0 Å². The van der Waals surface area contributed by atoms with E-state index < -0.39 is 0 Å². The summed E-state index contributed by atoms with van der Waals surface area (Å²) in [6, 6.07) is 19.3. The Hall–Kier alpha value is -3.58. The van der Waals surface area contributed by atoms with Gasteiger partial charge in [-0.25, -0.2) is 4.39 Å². The van der Waals surface area contributed by atoms with Crippen molar-refractivity contribution in [2.45, 2.75) is 6.92 Å². The van der Waals surface area contributed by atoms with E-state index in [1.54, 1.807) is 42.5 Å². The van der Waals surface area contributed by atoms with Gasteiger partial charge in [0, 0.05) is 22.5 Å². The molecule has 0 aliphatic carbocycles. The molecule has 0 aromatic heterocycles. The quantitative estimate of drug-likeness (QED) is 0.557. The number of rotatable bonds is 4. The lowest BCUT2D eigenvalue weighted by atomic mass is 10.1. The molecule has 0 saturated carbocycles. The Bertz CT molecular complexity index is 1070. The SMILES string of the molecule is Cc1cccc(C(=O)NC(=S)Nc2cccc(C(=O)Nc3ccc(F)cc3)c2)c1. The Kier molecular flexibility index (Phi) is 6.31. The highest BCUT2D eigenvalue weighted by atomic mass is 32.1. The summed E-state index contributed by atoms with van der Waals surface area (Å²) in [7, 11) is 0. The van der Waals surface area contributed by atoms with E-state index in [1.807, 2.05) is 13.0 Å². The molecule has 0 bridgehead atoms. The van der Waals surface area contributed by atoms with Crippen LogP contribution in [-0.2, 0) is 0 Å². The van der Waals surface area contributed by atoms with Crippen molar-refractivity contribution in [3.05, 3.63) is 95.3 Å². The monoisotopic (exact) mass is 407 g/mol. The van der Waals surface area contributed by atoms with Gasteiger partial charge in [-0.05, 0) is 73.7 Å². The minimum absolute atomic E-state index is 0.118. The highest BCUT2D eigenvalue weighted by molar-refractivity contribution is 7.80. The van der Waals surface area contributed by atoms with Crippen molar-refractivity contribution in [3.63, 3.8) is 0 Å².